The number of aromatic nitrogens is 3. The van der Waals surface area contributed by atoms with Crippen molar-refractivity contribution in [1.29, 1.82) is 0 Å². The van der Waals surface area contributed by atoms with Gasteiger partial charge in [-0.2, -0.15) is 0 Å². The van der Waals surface area contributed by atoms with E-state index in [0.717, 1.165) is 22.4 Å². The summed E-state index contributed by atoms with van der Waals surface area (Å²) in [6, 6.07) is 10.2. The van der Waals surface area contributed by atoms with Gasteiger partial charge >= 0.3 is 0 Å². The SMILES string of the molecule is CC(C)c1cnc(-c2cccnc2)c(-c2cccnc2)c1. The predicted molar refractivity (Wildman–Crippen MR) is 84.8 cm³/mol. The lowest BCUT2D eigenvalue weighted by atomic mass is 9.96. The zero-order valence-electron chi connectivity index (χ0n) is 12.2. The van der Waals surface area contributed by atoms with Gasteiger partial charge in [0.1, 0.15) is 0 Å². The van der Waals surface area contributed by atoms with Crippen LogP contribution < -0.4 is 0 Å². The van der Waals surface area contributed by atoms with E-state index < -0.39 is 0 Å². The van der Waals surface area contributed by atoms with E-state index in [9.17, 15) is 0 Å². The monoisotopic (exact) mass is 275 g/mol. The van der Waals surface area contributed by atoms with Gasteiger partial charge in [-0.15, -0.1) is 0 Å². The third kappa shape index (κ3) is 2.82. The summed E-state index contributed by atoms with van der Waals surface area (Å²) in [4.78, 5) is 13.1. The molecule has 0 atom stereocenters. The van der Waals surface area contributed by atoms with Crippen LogP contribution in [0.25, 0.3) is 22.4 Å². The van der Waals surface area contributed by atoms with Gasteiger partial charge in [0.25, 0.3) is 0 Å². The van der Waals surface area contributed by atoms with E-state index in [1.807, 2.05) is 36.8 Å². The van der Waals surface area contributed by atoms with Crippen LogP contribution in [0.5, 0.6) is 0 Å². The predicted octanol–water partition coefficient (Wildman–Crippen LogP) is 4.33. The number of hydrogen-bond donors (Lipinski definition) is 0. The molecule has 3 nitrogen and oxygen atoms in total. The molecule has 0 fully saturated rings. The molecule has 0 saturated carbocycles. The van der Waals surface area contributed by atoms with E-state index >= 15 is 0 Å². The maximum absolute atomic E-state index is 4.68. The smallest absolute Gasteiger partial charge is 0.0796 e. The standard InChI is InChI=1S/C18H17N3/c1-13(2)16-9-17(14-5-3-7-19-10-14)18(21-12-16)15-6-4-8-20-11-15/h3-13H,1-2H3. The van der Waals surface area contributed by atoms with Crippen molar-refractivity contribution in [2.24, 2.45) is 0 Å². The van der Waals surface area contributed by atoms with Gasteiger partial charge in [-0.25, -0.2) is 0 Å². The Labute approximate surface area is 124 Å². The molecule has 0 radical (unpaired) electrons. The van der Waals surface area contributed by atoms with Gasteiger partial charge in [-0.3, -0.25) is 15.0 Å². The molecule has 3 aromatic rings. The van der Waals surface area contributed by atoms with Crippen molar-refractivity contribution in [3.8, 4) is 22.4 Å². The summed E-state index contributed by atoms with van der Waals surface area (Å²) < 4.78 is 0. The van der Waals surface area contributed by atoms with E-state index in [0.29, 0.717) is 5.92 Å². The van der Waals surface area contributed by atoms with Crippen LogP contribution in [-0.4, -0.2) is 15.0 Å². The average Bonchev–Trinajstić information content (AvgIpc) is 2.56. The van der Waals surface area contributed by atoms with Crippen molar-refractivity contribution < 1.29 is 0 Å². The highest BCUT2D eigenvalue weighted by molar-refractivity contribution is 5.80. The normalized spacial score (nSPS) is 10.8. The fourth-order valence-electron chi connectivity index (χ4n) is 2.27. The molecular weight excluding hydrogens is 258 g/mol. The third-order valence-electron chi connectivity index (χ3n) is 3.48. The summed E-state index contributed by atoms with van der Waals surface area (Å²) in [5, 5.41) is 0. The lowest BCUT2D eigenvalue weighted by Crippen LogP contribution is -1.95. The molecule has 3 heteroatoms. The molecule has 0 spiro atoms. The third-order valence-corrected chi connectivity index (χ3v) is 3.48. The highest BCUT2D eigenvalue weighted by Gasteiger charge is 2.12. The van der Waals surface area contributed by atoms with Crippen LogP contribution in [0.3, 0.4) is 0 Å². The summed E-state index contributed by atoms with van der Waals surface area (Å²) in [5.74, 6) is 0.441. The Morgan fingerprint density at radius 1 is 0.857 bits per heavy atom. The van der Waals surface area contributed by atoms with Gasteiger partial charge in [0.15, 0.2) is 0 Å². The topological polar surface area (TPSA) is 38.7 Å². The summed E-state index contributed by atoms with van der Waals surface area (Å²) in [6.07, 6.45) is 9.23. The van der Waals surface area contributed by atoms with Crippen LogP contribution >= 0.6 is 0 Å². The maximum atomic E-state index is 4.68. The van der Waals surface area contributed by atoms with Crippen LogP contribution in [-0.2, 0) is 0 Å². The number of hydrogen-bond acceptors (Lipinski definition) is 3. The molecule has 3 heterocycles. The van der Waals surface area contributed by atoms with Gasteiger partial charge in [0, 0.05) is 47.7 Å². The van der Waals surface area contributed by atoms with Crippen molar-refractivity contribution in [3.05, 3.63) is 66.9 Å². The minimum Gasteiger partial charge on any atom is -0.264 e. The molecule has 0 unspecified atom stereocenters. The zero-order chi connectivity index (χ0) is 14.7. The van der Waals surface area contributed by atoms with Gasteiger partial charge in [-0.1, -0.05) is 19.9 Å². The molecule has 0 N–H and O–H groups in total. The molecule has 0 aliphatic carbocycles. The first kappa shape index (κ1) is 13.4. The largest absolute Gasteiger partial charge is 0.264 e. The fraction of sp³-hybridized carbons (Fsp3) is 0.167. The summed E-state index contributed by atoms with van der Waals surface area (Å²) >= 11 is 0. The van der Waals surface area contributed by atoms with Crippen LogP contribution in [0.1, 0.15) is 25.3 Å². The van der Waals surface area contributed by atoms with Gasteiger partial charge < -0.3 is 0 Å². The number of rotatable bonds is 3. The van der Waals surface area contributed by atoms with E-state index in [1.165, 1.54) is 5.56 Å². The minimum atomic E-state index is 0.441. The lowest BCUT2D eigenvalue weighted by molar-refractivity contribution is 0.859. The second-order valence-corrected chi connectivity index (χ2v) is 5.30. The Kier molecular flexibility index (Phi) is 3.73. The molecule has 0 aliphatic rings. The Bertz CT molecular complexity index is 722. The van der Waals surface area contributed by atoms with E-state index in [-0.39, 0.29) is 0 Å². The summed E-state index contributed by atoms with van der Waals surface area (Å²) in [5.41, 5.74) is 5.36. The first-order chi connectivity index (χ1) is 10.3. The summed E-state index contributed by atoms with van der Waals surface area (Å²) in [6.45, 7) is 4.35. The van der Waals surface area contributed by atoms with Crippen LogP contribution in [0.4, 0.5) is 0 Å². The van der Waals surface area contributed by atoms with Crippen LogP contribution in [0, 0.1) is 0 Å². The second-order valence-electron chi connectivity index (χ2n) is 5.30. The molecule has 21 heavy (non-hydrogen) atoms. The van der Waals surface area contributed by atoms with Gasteiger partial charge in [0.05, 0.1) is 5.69 Å². The minimum absolute atomic E-state index is 0.441. The molecule has 3 rings (SSSR count). The Morgan fingerprint density at radius 3 is 2.10 bits per heavy atom. The molecule has 0 bridgehead atoms. The fourth-order valence-corrected chi connectivity index (χ4v) is 2.27. The van der Waals surface area contributed by atoms with E-state index in [4.69, 9.17) is 0 Å². The number of nitrogens with zero attached hydrogens (tertiary/aromatic N) is 3. The maximum Gasteiger partial charge on any atom is 0.0796 e. The average molecular weight is 275 g/mol. The highest BCUT2D eigenvalue weighted by Crippen LogP contribution is 2.31. The Hall–Kier alpha value is -2.55. The molecular formula is C18H17N3. The molecule has 0 aliphatic heterocycles. The van der Waals surface area contributed by atoms with Crippen molar-refractivity contribution in [3.63, 3.8) is 0 Å². The van der Waals surface area contributed by atoms with Crippen LogP contribution in [0.15, 0.2) is 61.3 Å². The van der Waals surface area contributed by atoms with Crippen molar-refractivity contribution in [2.75, 3.05) is 0 Å². The number of pyridine rings is 3. The van der Waals surface area contributed by atoms with Gasteiger partial charge in [0.2, 0.25) is 0 Å². The van der Waals surface area contributed by atoms with Crippen LogP contribution in [0.2, 0.25) is 0 Å². The summed E-state index contributed by atoms with van der Waals surface area (Å²) in [7, 11) is 0. The van der Waals surface area contributed by atoms with Gasteiger partial charge in [-0.05, 0) is 35.7 Å². The van der Waals surface area contributed by atoms with E-state index in [2.05, 4.69) is 40.9 Å². The van der Waals surface area contributed by atoms with E-state index in [1.54, 1.807) is 12.4 Å². The highest BCUT2D eigenvalue weighted by atomic mass is 14.7. The quantitative estimate of drug-likeness (QED) is 0.714. The molecule has 0 saturated heterocycles. The van der Waals surface area contributed by atoms with Crippen molar-refractivity contribution in [1.82, 2.24) is 15.0 Å². The lowest BCUT2D eigenvalue weighted by Gasteiger charge is -2.12. The molecule has 0 amide bonds. The first-order valence-corrected chi connectivity index (χ1v) is 7.06. The van der Waals surface area contributed by atoms with Crippen molar-refractivity contribution >= 4 is 0 Å². The molecule has 3 aromatic heterocycles. The molecule has 0 aromatic carbocycles. The Balaban J connectivity index is 2.21. The van der Waals surface area contributed by atoms with Crippen molar-refractivity contribution in [2.45, 2.75) is 19.8 Å². The first-order valence-electron chi connectivity index (χ1n) is 7.06. The molecule has 104 valence electrons. The zero-order valence-corrected chi connectivity index (χ0v) is 12.2. The second kappa shape index (κ2) is 5.83. The Morgan fingerprint density at radius 2 is 1.52 bits per heavy atom.